The molecule has 0 aliphatic carbocycles. The van der Waals surface area contributed by atoms with Crippen LogP contribution in [-0.4, -0.2) is 23.2 Å². The Morgan fingerprint density at radius 3 is 2.72 bits per heavy atom. The summed E-state index contributed by atoms with van der Waals surface area (Å²) in [5, 5.41) is 14.9. The largest absolute Gasteiger partial charge is 0.444 e. The summed E-state index contributed by atoms with van der Waals surface area (Å²) in [6, 6.07) is 2.87. The quantitative estimate of drug-likeness (QED) is 0.674. The van der Waals surface area contributed by atoms with Crippen LogP contribution in [0.15, 0.2) is 17.5 Å². The van der Waals surface area contributed by atoms with Gasteiger partial charge >= 0.3 is 6.09 Å². The molecule has 7 heteroatoms. The molecule has 0 radical (unpaired) electrons. The molecule has 6 nitrogen and oxygen atoms in total. The molecule has 0 bridgehead atoms. The summed E-state index contributed by atoms with van der Waals surface area (Å²) in [5.74, 6) is 0. The van der Waals surface area contributed by atoms with Crippen LogP contribution in [0.4, 0.5) is 4.79 Å². The summed E-state index contributed by atoms with van der Waals surface area (Å²) < 4.78 is 5.08. The summed E-state index contributed by atoms with van der Waals surface area (Å²) in [5.41, 5.74) is -0.626. The average molecular weight is 272 g/mol. The highest BCUT2D eigenvalue weighted by Gasteiger charge is 2.24. The number of nitrogens with one attached hydrogen (secondary N) is 1. The summed E-state index contributed by atoms with van der Waals surface area (Å²) in [6.07, 6.45) is -0.650. The molecular formula is C11H16N2O4S. The molecule has 1 rings (SSSR count). The van der Waals surface area contributed by atoms with E-state index in [1.54, 1.807) is 38.3 Å². The van der Waals surface area contributed by atoms with Gasteiger partial charge in [0, 0.05) is 9.80 Å². The molecule has 1 heterocycles. The molecule has 1 N–H and O–H groups in total. The van der Waals surface area contributed by atoms with E-state index in [1.807, 2.05) is 0 Å². The van der Waals surface area contributed by atoms with Gasteiger partial charge in [0.2, 0.25) is 6.54 Å². The minimum Gasteiger partial charge on any atom is -0.444 e. The van der Waals surface area contributed by atoms with Gasteiger partial charge < -0.3 is 10.1 Å². The van der Waals surface area contributed by atoms with Crippen LogP contribution in [0.1, 0.15) is 31.7 Å². The molecule has 0 spiro atoms. The standard InChI is InChI=1S/C11H16N2O4S/c1-11(2,3)17-10(14)12-8(7-13(15)16)9-5-4-6-18-9/h4-6,8H,7H2,1-3H3,(H,12,14)/t8-/m0/s1. The Labute approximate surface area is 109 Å². The number of hydrogen-bond acceptors (Lipinski definition) is 5. The lowest BCUT2D eigenvalue weighted by Gasteiger charge is -2.21. The van der Waals surface area contributed by atoms with E-state index in [4.69, 9.17) is 4.74 Å². The van der Waals surface area contributed by atoms with Crippen LogP contribution >= 0.6 is 11.3 Å². The molecular weight excluding hydrogens is 256 g/mol. The van der Waals surface area contributed by atoms with Crippen molar-refractivity contribution in [1.82, 2.24) is 5.32 Å². The van der Waals surface area contributed by atoms with Gasteiger partial charge in [0.15, 0.2) is 0 Å². The van der Waals surface area contributed by atoms with Crippen molar-refractivity contribution in [2.75, 3.05) is 6.54 Å². The first-order valence-electron chi connectivity index (χ1n) is 5.42. The van der Waals surface area contributed by atoms with Crippen molar-refractivity contribution in [1.29, 1.82) is 0 Å². The number of carbonyl (C=O) groups excluding carboxylic acids is 1. The highest BCUT2D eigenvalue weighted by atomic mass is 32.1. The third kappa shape index (κ3) is 5.13. The van der Waals surface area contributed by atoms with Crippen molar-refractivity contribution in [2.24, 2.45) is 0 Å². The Balaban J connectivity index is 2.68. The zero-order valence-electron chi connectivity index (χ0n) is 10.5. The molecule has 100 valence electrons. The molecule has 0 unspecified atom stereocenters. The van der Waals surface area contributed by atoms with Crippen LogP contribution < -0.4 is 5.32 Å². The smallest absolute Gasteiger partial charge is 0.408 e. The zero-order valence-corrected chi connectivity index (χ0v) is 11.3. The van der Waals surface area contributed by atoms with Gasteiger partial charge in [0.25, 0.3) is 0 Å². The van der Waals surface area contributed by atoms with Crippen molar-refractivity contribution >= 4 is 17.4 Å². The lowest BCUT2D eigenvalue weighted by atomic mass is 10.2. The maximum atomic E-state index is 11.6. The van der Waals surface area contributed by atoms with Gasteiger partial charge in [0.05, 0.1) is 0 Å². The topological polar surface area (TPSA) is 81.5 Å². The van der Waals surface area contributed by atoms with E-state index < -0.39 is 22.7 Å². The second kappa shape index (κ2) is 5.81. The molecule has 0 aliphatic heterocycles. The van der Waals surface area contributed by atoms with Crippen molar-refractivity contribution in [3.8, 4) is 0 Å². The lowest BCUT2D eigenvalue weighted by molar-refractivity contribution is -0.484. The van der Waals surface area contributed by atoms with Gasteiger partial charge in [-0.25, -0.2) is 4.79 Å². The summed E-state index contributed by atoms with van der Waals surface area (Å²) >= 11 is 1.36. The first-order valence-corrected chi connectivity index (χ1v) is 6.30. The van der Waals surface area contributed by atoms with E-state index in [0.717, 1.165) is 4.88 Å². The maximum Gasteiger partial charge on any atom is 0.408 e. The fourth-order valence-electron chi connectivity index (χ4n) is 1.30. The molecule has 1 aromatic rings. The van der Waals surface area contributed by atoms with Crippen molar-refractivity contribution in [3.63, 3.8) is 0 Å². The van der Waals surface area contributed by atoms with E-state index in [9.17, 15) is 14.9 Å². The third-order valence-corrected chi connectivity index (χ3v) is 2.90. The second-order valence-corrected chi connectivity index (χ2v) is 5.71. The number of thiophene rings is 1. The molecule has 0 saturated heterocycles. The molecule has 0 saturated carbocycles. The lowest BCUT2D eigenvalue weighted by Crippen LogP contribution is -2.37. The van der Waals surface area contributed by atoms with E-state index >= 15 is 0 Å². The van der Waals surface area contributed by atoms with Crippen LogP contribution in [0.5, 0.6) is 0 Å². The Hall–Kier alpha value is -1.63. The number of rotatable bonds is 4. The fraction of sp³-hybridized carbons (Fsp3) is 0.545. The minimum absolute atomic E-state index is 0.361. The minimum atomic E-state index is -0.658. The number of nitrogens with zero attached hydrogens (tertiary/aromatic N) is 1. The van der Waals surface area contributed by atoms with E-state index in [1.165, 1.54) is 11.3 Å². The highest BCUT2D eigenvalue weighted by Crippen LogP contribution is 2.20. The predicted molar refractivity (Wildman–Crippen MR) is 68.3 cm³/mol. The molecule has 1 amide bonds. The van der Waals surface area contributed by atoms with Crippen molar-refractivity contribution in [3.05, 3.63) is 32.5 Å². The van der Waals surface area contributed by atoms with Crippen molar-refractivity contribution in [2.45, 2.75) is 32.4 Å². The van der Waals surface area contributed by atoms with E-state index in [-0.39, 0.29) is 6.54 Å². The third-order valence-electron chi connectivity index (χ3n) is 1.91. The number of carbonyl (C=O) groups is 1. The predicted octanol–water partition coefficient (Wildman–Crippen LogP) is 2.59. The van der Waals surface area contributed by atoms with E-state index in [2.05, 4.69) is 5.32 Å². The SMILES string of the molecule is CC(C)(C)OC(=O)N[C@@H](C[N+](=O)[O-])c1cccs1. The summed E-state index contributed by atoms with van der Waals surface area (Å²) in [7, 11) is 0. The van der Waals surface area contributed by atoms with Gasteiger partial charge in [-0.1, -0.05) is 6.07 Å². The normalized spacial score (nSPS) is 12.8. The van der Waals surface area contributed by atoms with Gasteiger partial charge in [-0.2, -0.15) is 0 Å². The average Bonchev–Trinajstić information content (AvgIpc) is 2.64. The van der Waals surface area contributed by atoms with Crippen LogP contribution in [0, 0.1) is 10.1 Å². The Morgan fingerprint density at radius 1 is 1.61 bits per heavy atom. The Bertz CT molecular complexity index is 411. The molecule has 0 fully saturated rings. The number of alkyl carbamates (subject to hydrolysis) is 1. The number of hydrogen-bond donors (Lipinski definition) is 1. The van der Waals surface area contributed by atoms with Crippen LogP contribution in [-0.2, 0) is 4.74 Å². The van der Waals surface area contributed by atoms with Gasteiger partial charge in [-0.15, -0.1) is 11.3 Å². The Morgan fingerprint density at radius 2 is 2.28 bits per heavy atom. The molecule has 1 aromatic heterocycles. The summed E-state index contributed by atoms with van der Waals surface area (Å²) in [4.78, 5) is 22.5. The summed E-state index contributed by atoms with van der Waals surface area (Å²) in [6.45, 7) is 4.85. The second-order valence-electron chi connectivity index (χ2n) is 4.73. The van der Waals surface area contributed by atoms with Gasteiger partial charge in [-0.3, -0.25) is 10.1 Å². The first-order chi connectivity index (χ1) is 8.28. The monoisotopic (exact) mass is 272 g/mol. The van der Waals surface area contributed by atoms with Gasteiger partial charge in [0.1, 0.15) is 11.6 Å². The molecule has 0 aromatic carbocycles. The Kier molecular flexibility index (Phi) is 4.66. The number of nitro groups is 1. The van der Waals surface area contributed by atoms with Crippen LogP contribution in [0.25, 0.3) is 0 Å². The van der Waals surface area contributed by atoms with E-state index in [0.29, 0.717) is 0 Å². The molecule has 0 aliphatic rings. The zero-order chi connectivity index (χ0) is 13.8. The molecule has 1 atom stereocenters. The van der Waals surface area contributed by atoms with Crippen LogP contribution in [0.2, 0.25) is 0 Å². The highest BCUT2D eigenvalue weighted by molar-refractivity contribution is 7.10. The van der Waals surface area contributed by atoms with Crippen molar-refractivity contribution < 1.29 is 14.5 Å². The molecule has 18 heavy (non-hydrogen) atoms. The fourth-order valence-corrected chi connectivity index (χ4v) is 2.06. The number of ether oxygens (including phenoxy) is 1. The van der Waals surface area contributed by atoms with Crippen LogP contribution in [0.3, 0.4) is 0 Å². The van der Waals surface area contributed by atoms with Gasteiger partial charge in [-0.05, 0) is 32.2 Å². The maximum absolute atomic E-state index is 11.6. The number of amides is 1. The first kappa shape index (κ1) is 14.4.